The van der Waals surface area contributed by atoms with Gasteiger partial charge >= 0.3 is 0 Å². The third-order valence-corrected chi connectivity index (χ3v) is 5.82. The molecule has 1 aromatic carbocycles. The van der Waals surface area contributed by atoms with Gasteiger partial charge in [0, 0.05) is 24.1 Å². The molecule has 1 aliphatic heterocycles. The Labute approximate surface area is 138 Å². The van der Waals surface area contributed by atoms with Crippen molar-refractivity contribution in [2.45, 2.75) is 31.5 Å². The fourth-order valence-corrected chi connectivity index (χ4v) is 4.59. The Bertz CT molecular complexity index is 739. The van der Waals surface area contributed by atoms with Crippen LogP contribution in [0.15, 0.2) is 30.3 Å². The summed E-state index contributed by atoms with van der Waals surface area (Å²) in [4.78, 5) is 24.7. The standard InChI is InChI=1S/C17H18N2O3S/c1-9(20)18-15-14(11-6-7-22-16(11)15)19-17(21)13-8-10-4-2-3-5-12(10)23-13/h2-5,8,11,14-16H,6-7H2,1H3,(H,18,20)(H,19,21)/t11-,14+,15-,16-/m0/s1. The van der Waals surface area contributed by atoms with E-state index < -0.39 is 0 Å². The minimum absolute atomic E-state index is 0.0339. The second-order valence-electron chi connectivity index (χ2n) is 6.16. The van der Waals surface area contributed by atoms with Crippen LogP contribution < -0.4 is 10.6 Å². The zero-order valence-electron chi connectivity index (χ0n) is 12.7. The number of carbonyl (C=O) groups is 2. The van der Waals surface area contributed by atoms with Gasteiger partial charge in [-0.25, -0.2) is 0 Å². The zero-order valence-corrected chi connectivity index (χ0v) is 13.6. The molecule has 0 bridgehead atoms. The number of ether oxygens (including phenoxy) is 1. The van der Waals surface area contributed by atoms with Crippen LogP contribution in [0.4, 0.5) is 0 Å². The summed E-state index contributed by atoms with van der Waals surface area (Å²) in [6.45, 7) is 2.19. The van der Waals surface area contributed by atoms with E-state index >= 15 is 0 Å². The summed E-state index contributed by atoms with van der Waals surface area (Å²) < 4.78 is 6.77. The Kier molecular flexibility index (Phi) is 3.58. The van der Waals surface area contributed by atoms with Crippen molar-refractivity contribution in [1.82, 2.24) is 10.6 Å². The van der Waals surface area contributed by atoms with E-state index in [1.54, 1.807) is 0 Å². The average molecular weight is 330 g/mol. The van der Waals surface area contributed by atoms with Crippen molar-refractivity contribution >= 4 is 33.2 Å². The van der Waals surface area contributed by atoms with Gasteiger partial charge in [0.05, 0.1) is 23.1 Å². The molecule has 1 aromatic heterocycles. The van der Waals surface area contributed by atoms with Crippen molar-refractivity contribution in [2.24, 2.45) is 5.92 Å². The minimum atomic E-state index is -0.127. The van der Waals surface area contributed by atoms with Gasteiger partial charge in [-0.3, -0.25) is 9.59 Å². The van der Waals surface area contributed by atoms with Gasteiger partial charge in [-0.2, -0.15) is 0 Å². The molecule has 5 nitrogen and oxygen atoms in total. The predicted molar refractivity (Wildman–Crippen MR) is 88.5 cm³/mol. The first-order valence-electron chi connectivity index (χ1n) is 7.81. The van der Waals surface area contributed by atoms with Gasteiger partial charge in [-0.05, 0) is 23.9 Å². The molecule has 6 heteroatoms. The first kappa shape index (κ1) is 14.7. The van der Waals surface area contributed by atoms with Gasteiger partial charge in [-0.15, -0.1) is 11.3 Å². The number of nitrogens with one attached hydrogen (secondary N) is 2. The van der Waals surface area contributed by atoms with E-state index in [1.807, 2.05) is 30.3 Å². The lowest BCUT2D eigenvalue weighted by molar-refractivity contribution is -0.123. The number of benzene rings is 1. The number of rotatable bonds is 3. The lowest BCUT2D eigenvalue weighted by Gasteiger charge is -2.47. The molecule has 2 N–H and O–H groups in total. The van der Waals surface area contributed by atoms with Crippen molar-refractivity contribution in [3.8, 4) is 0 Å². The van der Waals surface area contributed by atoms with Crippen molar-refractivity contribution in [1.29, 1.82) is 0 Å². The van der Waals surface area contributed by atoms with Crippen LogP contribution in [0.2, 0.25) is 0 Å². The number of hydrogen-bond donors (Lipinski definition) is 2. The minimum Gasteiger partial charge on any atom is -0.376 e. The van der Waals surface area contributed by atoms with Crippen molar-refractivity contribution in [3.63, 3.8) is 0 Å². The van der Waals surface area contributed by atoms with E-state index in [0.29, 0.717) is 17.4 Å². The van der Waals surface area contributed by atoms with E-state index in [1.165, 1.54) is 18.3 Å². The van der Waals surface area contributed by atoms with Crippen molar-refractivity contribution < 1.29 is 14.3 Å². The van der Waals surface area contributed by atoms with E-state index in [2.05, 4.69) is 10.6 Å². The topological polar surface area (TPSA) is 67.4 Å². The summed E-state index contributed by atoms with van der Waals surface area (Å²) in [5, 5.41) is 7.09. The lowest BCUT2D eigenvalue weighted by atomic mass is 9.71. The molecule has 2 aromatic rings. The third kappa shape index (κ3) is 2.52. The summed E-state index contributed by atoms with van der Waals surface area (Å²) in [5.74, 6) is 0.132. The predicted octanol–water partition coefficient (Wildman–Crippen LogP) is 1.92. The molecular weight excluding hydrogens is 312 g/mol. The number of hydrogen-bond acceptors (Lipinski definition) is 4. The molecule has 1 saturated heterocycles. The molecule has 23 heavy (non-hydrogen) atoms. The Morgan fingerprint density at radius 2 is 2.04 bits per heavy atom. The normalized spacial score (nSPS) is 28.9. The molecule has 4 rings (SSSR count). The maximum atomic E-state index is 12.6. The van der Waals surface area contributed by atoms with Crippen LogP contribution in [0.5, 0.6) is 0 Å². The van der Waals surface area contributed by atoms with E-state index in [-0.39, 0.29) is 30.0 Å². The monoisotopic (exact) mass is 330 g/mol. The van der Waals surface area contributed by atoms with E-state index in [4.69, 9.17) is 4.74 Å². The Morgan fingerprint density at radius 1 is 1.22 bits per heavy atom. The molecule has 120 valence electrons. The molecule has 2 aliphatic rings. The Balaban J connectivity index is 1.51. The highest BCUT2D eigenvalue weighted by Gasteiger charge is 2.54. The van der Waals surface area contributed by atoms with E-state index in [9.17, 15) is 9.59 Å². The van der Waals surface area contributed by atoms with Crippen LogP contribution in [-0.4, -0.2) is 36.6 Å². The number of carbonyl (C=O) groups excluding carboxylic acids is 2. The van der Waals surface area contributed by atoms with Gasteiger partial charge in [0.25, 0.3) is 5.91 Å². The second kappa shape index (κ2) is 5.62. The van der Waals surface area contributed by atoms with Crippen LogP contribution in [0, 0.1) is 5.92 Å². The Hall–Kier alpha value is -1.92. The fourth-order valence-electron chi connectivity index (χ4n) is 3.63. The van der Waals surface area contributed by atoms with Crippen molar-refractivity contribution in [3.05, 3.63) is 35.2 Å². The van der Waals surface area contributed by atoms with Gasteiger partial charge in [0.2, 0.25) is 5.91 Å². The summed E-state index contributed by atoms with van der Waals surface area (Å²) in [5.41, 5.74) is 0. The first-order valence-corrected chi connectivity index (χ1v) is 8.63. The molecular formula is C17H18N2O3S. The van der Waals surface area contributed by atoms with E-state index in [0.717, 1.165) is 16.5 Å². The Morgan fingerprint density at radius 3 is 2.83 bits per heavy atom. The maximum Gasteiger partial charge on any atom is 0.261 e. The number of amides is 2. The van der Waals surface area contributed by atoms with Crippen LogP contribution in [-0.2, 0) is 9.53 Å². The highest BCUT2D eigenvalue weighted by molar-refractivity contribution is 7.20. The van der Waals surface area contributed by atoms with Crippen molar-refractivity contribution in [2.75, 3.05) is 6.61 Å². The molecule has 2 amide bonds. The first-order chi connectivity index (χ1) is 11.1. The third-order valence-electron chi connectivity index (χ3n) is 4.70. The average Bonchev–Trinajstić information content (AvgIpc) is 3.14. The van der Waals surface area contributed by atoms with Crippen LogP contribution in [0.3, 0.4) is 0 Å². The smallest absolute Gasteiger partial charge is 0.261 e. The summed E-state index contributed by atoms with van der Waals surface area (Å²) in [6, 6.07) is 9.70. The fraction of sp³-hybridized carbons (Fsp3) is 0.412. The SMILES string of the molecule is CC(=O)N[C@H]1[C@H](NC(=O)c2cc3ccccc3s2)[C@@H]2CCO[C@@H]21. The zero-order chi connectivity index (χ0) is 16.0. The highest BCUT2D eigenvalue weighted by atomic mass is 32.1. The molecule has 0 spiro atoms. The van der Waals surface area contributed by atoms with Crippen LogP contribution in [0.25, 0.3) is 10.1 Å². The molecule has 0 radical (unpaired) electrons. The van der Waals surface area contributed by atoms with Gasteiger partial charge < -0.3 is 15.4 Å². The largest absolute Gasteiger partial charge is 0.376 e. The van der Waals surface area contributed by atoms with Crippen LogP contribution in [0.1, 0.15) is 23.0 Å². The lowest BCUT2D eigenvalue weighted by Crippen LogP contribution is -2.70. The molecule has 1 saturated carbocycles. The molecule has 1 aliphatic carbocycles. The molecule has 2 fully saturated rings. The summed E-state index contributed by atoms with van der Waals surface area (Å²) >= 11 is 1.49. The summed E-state index contributed by atoms with van der Waals surface area (Å²) in [7, 11) is 0. The maximum absolute atomic E-state index is 12.6. The summed E-state index contributed by atoms with van der Waals surface area (Å²) in [6.07, 6.45) is 0.963. The number of fused-ring (bicyclic) bond motifs is 2. The van der Waals surface area contributed by atoms with Gasteiger partial charge in [0.15, 0.2) is 0 Å². The van der Waals surface area contributed by atoms with Gasteiger partial charge in [0.1, 0.15) is 0 Å². The van der Waals surface area contributed by atoms with Crippen LogP contribution >= 0.6 is 11.3 Å². The number of thiophene rings is 1. The molecule has 2 heterocycles. The quantitative estimate of drug-likeness (QED) is 0.903. The molecule has 4 atom stereocenters. The van der Waals surface area contributed by atoms with Gasteiger partial charge in [-0.1, -0.05) is 18.2 Å². The second-order valence-corrected chi connectivity index (χ2v) is 7.25. The molecule has 0 unspecified atom stereocenters. The highest BCUT2D eigenvalue weighted by Crippen LogP contribution is 2.39.